The van der Waals surface area contributed by atoms with Gasteiger partial charge < -0.3 is 15.0 Å². The Morgan fingerprint density at radius 2 is 1.97 bits per heavy atom. The normalized spacial score (nSPS) is 15.3. The van der Waals surface area contributed by atoms with Crippen LogP contribution in [0.5, 0.6) is 0 Å². The molecule has 4 rings (SSSR count). The number of imidazole rings is 1. The number of aromatic nitrogens is 4. The van der Waals surface area contributed by atoms with E-state index in [9.17, 15) is 23.5 Å². The van der Waals surface area contributed by atoms with Crippen LogP contribution in [0.2, 0.25) is 0 Å². The average molecular weight is 444 g/mol. The van der Waals surface area contributed by atoms with Crippen LogP contribution in [-0.4, -0.2) is 37.3 Å². The lowest BCUT2D eigenvalue weighted by Crippen LogP contribution is -2.34. The zero-order valence-electron chi connectivity index (χ0n) is 17.3. The highest BCUT2D eigenvalue weighted by atomic mass is 19.4. The first kappa shape index (κ1) is 22.0. The molecular weight excluding hydrogens is 421 g/mol. The van der Waals surface area contributed by atoms with E-state index in [2.05, 4.69) is 20.3 Å². The summed E-state index contributed by atoms with van der Waals surface area (Å²) in [6.07, 6.45) is 1.93. The molecular formula is C22H23F3N6O. The van der Waals surface area contributed by atoms with E-state index in [4.69, 9.17) is 0 Å². The van der Waals surface area contributed by atoms with Crippen molar-refractivity contribution in [1.29, 1.82) is 5.26 Å². The molecule has 2 aromatic heterocycles. The molecule has 0 amide bonds. The lowest BCUT2D eigenvalue weighted by atomic mass is 9.78. The molecule has 2 heterocycles. The van der Waals surface area contributed by atoms with E-state index in [1.165, 1.54) is 12.1 Å². The summed E-state index contributed by atoms with van der Waals surface area (Å²) in [6, 6.07) is 7.03. The molecule has 1 aliphatic carbocycles. The summed E-state index contributed by atoms with van der Waals surface area (Å²) in [5.74, 6) is 0.934. The number of anilines is 1. The quantitative estimate of drug-likeness (QED) is 0.542. The number of nitrogens with one attached hydrogen (secondary N) is 1. The number of halogens is 3. The fourth-order valence-corrected chi connectivity index (χ4v) is 4.00. The van der Waals surface area contributed by atoms with Crippen LogP contribution in [-0.2, 0) is 12.7 Å². The van der Waals surface area contributed by atoms with Crippen LogP contribution < -0.4 is 5.32 Å². The third-order valence-corrected chi connectivity index (χ3v) is 5.92. The Hall–Kier alpha value is -3.19. The first-order valence-corrected chi connectivity index (χ1v) is 10.6. The third-order valence-electron chi connectivity index (χ3n) is 5.92. The number of hydrogen-bond acceptors (Lipinski definition) is 6. The van der Waals surface area contributed by atoms with Gasteiger partial charge in [-0.3, -0.25) is 0 Å². The minimum atomic E-state index is -4.38. The molecule has 1 unspecified atom stereocenters. The number of fused-ring (bicyclic) bond motifs is 1. The van der Waals surface area contributed by atoms with Crippen LogP contribution in [0.4, 0.5) is 19.0 Å². The van der Waals surface area contributed by atoms with Crippen LogP contribution in [0, 0.1) is 17.2 Å². The van der Waals surface area contributed by atoms with Crippen LogP contribution >= 0.6 is 0 Å². The Morgan fingerprint density at radius 1 is 1.22 bits per heavy atom. The molecule has 1 aromatic carbocycles. The Labute approximate surface area is 182 Å². The summed E-state index contributed by atoms with van der Waals surface area (Å²) >= 11 is 0. The molecule has 10 heteroatoms. The van der Waals surface area contributed by atoms with Crippen molar-refractivity contribution >= 4 is 17.0 Å². The predicted molar refractivity (Wildman–Crippen MR) is 112 cm³/mol. The highest BCUT2D eigenvalue weighted by Crippen LogP contribution is 2.34. The van der Waals surface area contributed by atoms with Crippen molar-refractivity contribution in [3.63, 3.8) is 0 Å². The molecule has 0 radical (unpaired) electrons. The standard InChI is InChI=1S/C22H23F3N6O/c23-22(24,25)16-8-6-14(7-9-16)12-31-13-27-20-19(31)21(30-18(11-26)29-20)28-17(5-2-10-32)15-3-1-4-15/h6-9,13,15,17,32H,1-5,10,12H2,(H,28,29,30). The largest absolute Gasteiger partial charge is 0.416 e. The van der Waals surface area contributed by atoms with Gasteiger partial charge in [-0.25, -0.2) is 4.98 Å². The fourth-order valence-electron chi connectivity index (χ4n) is 4.00. The molecule has 1 fully saturated rings. The second kappa shape index (κ2) is 9.12. The number of alkyl halides is 3. The van der Waals surface area contributed by atoms with Crippen molar-refractivity contribution in [2.45, 2.75) is 50.9 Å². The van der Waals surface area contributed by atoms with Gasteiger partial charge in [-0.2, -0.15) is 28.4 Å². The minimum Gasteiger partial charge on any atom is -0.396 e. The number of aliphatic hydroxyl groups excluding tert-OH is 1. The molecule has 1 saturated carbocycles. The van der Waals surface area contributed by atoms with E-state index < -0.39 is 11.7 Å². The minimum absolute atomic E-state index is 0.00528. The van der Waals surface area contributed by atoms with Gasteiger partial charge >= 0.3 is 6.18 Å². The number of hydrogen-bond donors (Lipinski definition) is 2. The Balaban J connectivity index is 1.66. The maximum atomic E-state index is 12.9. The van der Waals surface area contributed by atoms with Crippen molar-refractivity contribution in [2.75, 3.05) is 11.9 Å². The number of benzene rings is 1. The molecule has 168 valence electrons. The maximum Gasteiger partial charge on any atom is 0.416 e. The second-order valence-electron chi connectivity index (χ2n) is 8.05. The zero-order chi connectivity index (χ0) is 22.7. The predicted octanol–water partition coefficient (Wildman–Crippen LogP) is 4.12. The van der Waals surface area contributed by atoms with Crippen molar-refractivity contribution in [2.24, 2.45) is 5.92 Å². The number of nitriles is 1. The molecule has 1 atom stereocenters. The van der Waals surface area contributed by atoms with Crippen LogP contribution in [0.1, 0.15) is 49.1 Å². The van der Waals surface area contributed by atoms with Crippen molar-refractivity contribution in [1.82, 2.24) is 19.5 Å². The fraction of sp³-hybridized carbons (Fsp3) is 0.455. The van der Waals surface area contributed by atoms with E-state index >= 15 is 0 Å². The van der Waals surface area contributed by atoms with Gasteiger partial charge in [0.05, 0.1) is 11.9 Å². The lowest BCUT2D eigenvalue weighted by molar-refractivity contribution is -0.137. The summed E-state index contributed by atoms with van der Waals surface area (Å²) in [7, 11) is 0. The van der Waals surface area contributed by atoms with Gasteiger partial charge in [0, 0.05) is 19.2 Å². The molecule has 0 aliphatic heterocycles. The zero-order valence-corrected chi connectivity index (χ0v) is 17.3. The first-order chi connectivity index (χ1) is 15.4. The summed E-state index contributed by atoms with van der Waals surface area (Å²) in [5, 5.41) is 22.1. The molecule has 7 nitrogen and oxygen atoms in total. The Morgan fingerprint density at radius 3 is 2.56 bits per heavy atom. The number of rotatable bonds is 8. The average Bonchev–Trinajstić information content (AvgIpc) is 3.13. The van der Waals surface area contributed by atoms with Gasteiger partial charge in [0.15, 0.2) is 11.5 Å². The van der Waals surface area contributed by atoms with Crippen LogP contribution in [0.3, 0.4) is 0 Å². The first-order valence-electron chi connectivity index (χ1n) is 10.6. The summed E-state index contributed by atoms with van der Waals surface area (Å²) in [5.41, 5.74) is 0.912. The summed E-state index contributed by atoms with van der Waals surface area (Å²) < 4.78 is 40.3. The van der Waals surface area contributed by atoms with Crippen molar-refractivity contribution in [3.05, 3.63) is 47.5 Å². The van der Waals surface area contributed by atoms with E-state index in [1.807, 2.05) is 6.07 Å². The van der Waals surface area contributed by atoms with E-state index in [0.29, 0.717) is 34.9 Å². The summed E-state index contributed by atoms with van der Waals surface area (Å²) in [4.78, 5) is 12.8. The molecule has 32 heavy (non-hydrogen) atoms. The topological polar surface area (TPSA) is 99.6 Å². The second-order valence-corrected chi connectivity index (χ2v) is 8.05. The monoisotopic (exact) mass is 444 g/mol. The molecule has 0 saturated heterocycles. The van der Waals surface area contributed by atoms with Crippen molar-refractivity contribution < 1.29 is 18.3 Å². The van der Waals surface area contributed by atoms with E-state index in [-0.39, 0.29) is 25.0 Å². The van der Waals surface area contributed by atoms with Gasteiger partial charge in [-0.15, -0.1) is 0 Å². The molecule has 1 aliphatic rings. The van der Waals surface area contributed by atoms with Crippen LogP contribution in [0.25, 0.3) is 11.2 Å². The van der Waals surface area contributed by atoms with Gasteiger partial charge in [0.2, 0.25) is 5.82 Å². The van der Waals surface area contributed by atoms with Gasteiger partial charge in [0.1, 0.15) is 11.6 Å². The smallest absolute Gasteiger partial charge is 0.396 e. The van der Waals surface area contributed by atoms with Gasteiger partial charge in [-0.1, -0.05) is 18.6 Å². The van der Waals surface area contributed by atoms with Gasteiger partial charge in [-0.05, 0) is 49.3 Å². The molecule has 2 N–H and O–H groups in total. The number of aliphatic hydroxyl groups is 1. The highest BCUT2D eigenvalue weighted by molar-refractivity contribution is 5.84. The van der Waals surface area contributed by atoms with Crippen molar-refractivity contribution in [3.8, 4) is 6.07 Å². The third kappa shape index (κ3) is 4.67. The Kier molecular flexibility index (Phi) is 6.28. The summed E-state index contributed by atoms with van der Waals surface area (Å²) in [6.45, 7) is 0.378. The molecule has 3 aromatic rings. The lowest BCUT2D eigenvalue weighted by Gasteiger charge is -2.34. The van der Waals surface area contributed by atoms with Crippen LogP contribution in [0.15, 0.2) is 30.6 Å². The molecule has 0 bridgehead atoms. The SMILES string of the molecule is N#Cc1nc(NC(CCCO)C2CCC2)c2c(ncn2Cc2ccc(C(F)(F)F)cc2)n1. The van der Waals surface area contributed by atoms with E-state index in [0.717, 1.165) is 37.8 Å². The van der Waals surface area contributed by atoms with Gasteiger partial charge in [0.25, 0.3) is 0 Å². The molecule has 0 spiro atoms. The maximum absolute atomic E-state index is 12.9. The number of nitrogens with zero attached hydrogens (tertiary/aromatic N) is 5. The van der Waals surface area contributed by atoms with E-state index in [1.54, 1.807) is 10.9 Å². The Bertz CT molecular complexity index is 1120. The highest BCUT2D eigenvalue weighted by Gasteiger charge is 2.30.